The number of H-pyrrole nitrogens is 1. The van der Waals surface area contributed by atoms with Gasteiger partial charge < -0.3 is 14.5 Å². The molecule has 2 heterocycles. The third kappa shape index (κ3) is 2.60. The molecule has 0 bridgehead atoms. The fourth-order valence-electron chi connectivity index (χ4n) is 2.85. The first-order chi connectivity index (χ1) is 11.1. The number of nitrogens with zero attached hydrogens (tertiary/aromatic N) is 3. The summed E-state index contributed by atoms with van der Waals surface area (Å²) >= 11 is 0. The van der Waals surface area contributed by atoms with Crippen LogP contribution in [0.5, 0.6) is 0 Å². The summed E-state index contributed by atoms with van der Waals surface area (Å²) in [6.07, 6.45) is 4.23. The van der Waals surface area contributed by atoms with Gasteiger partial charge in [0.15, 0.2) is 0 Å². The number of halogens is 1. The Hall–Kier alpha value is -2.63. The lowest BCUT2D eigenvalue weighted by Gasteiger charge is -2.17. The lowest BCUT2D eigenvalue weighted by molar-refractivity contribution is 0.0771. The molecule has 1 aliphatic rings. The number of nitrogens with one attached hydrogen (secondary N) is 1. The Kier molecular flexibility index (Phi) is 3.18. The van der Waals surface area contributed by atoms with Gasteiger partial charge >= 0.3 is 0 Å². The number of aromatic nitrogens is 3. The molecule has 0 atom stereocenters. The summed E-state index contributed by atoms with van der Waals surface area (Å²) in [5.41, 5.74) is 2.04. The number of benzene rings is 1. The van der Waals surface area contributed by atoms with Gasteiger partial charge in [-0.25, -0.2) is 9.37 Å². The van der Waals surface area contributed by atoms with Crippen LogP contribution in [0.4, 0.5) is 4.39 Å². The van der Waals surface area contributed by atoms with E-state index in [4.69, 9.17) is 0 Å². The van der Waals surface area contributed by atoms with E-state index in [1.165, 1.54) is 12.1 Å². The van der Waals surface area contributed by atoms with Crippen LogP contribution in [-0.4, -0.2) is 32.4 Å². The summed E-state index contributed by atoms with van der Waals surface area (Å²) in [7, 11) is 1.75. The largest absolute Gasteiger partial charge is 0.340 e. The van der Waals surface area contributed by atoms with Crippen LogP contribution >= 0.6 is 0 Å². The zero-order valence-electron chi connectivity index (χ0n) is 12.8. The molecule has 0 unspecified atom stereocenters. The van der Waals surface area contributed by atoms with Gasteiger partial charge in [-0.1, -0.05) is 0 Å². The van der Waals surface area contributed by atoms with Crippen LogP contribution in [0.25, 0.3) is 11.0 Å². The summed E-state index contributed by atoms with van der Waals surface area (Å²) in [4.78, 5) is 21.7. The van der Waals surface area contributed by atoms with Gasteiger partial charge in [-0.05, 0) is 43.2 Å². The van der Waals surface area contributed by atoms with Gasteiger partial charge in [0.2, 0.25) is 0 Å². The van der Waals surface area contributed by atoms with E-state index in [2.05, 4.69) is 9.97 Å². The minimum atomic E-state index is -0.306. The summed E-state index contributed by atoms with van der Waals surface area (Å²) in [6, 6.07) is 8.64. The average molecular weight is 312 g/mol. The second-order valence-corrected chi connectivity index (χ2v) is 6.04. The number of carbonyl (C=O) groups excluding carboxylic acids is 1. The molecular formula is C17H17FN4O. The van der Waals surface area contributed by atoms with Crippen molar-refractivity contribution in [3.8, 4) is 0 Å². The number of hydrogen-bond donors (Lipinski definition) is 1. The van der Waals surface area contributed by atoms with Gasteiger partial charge in [-0.3, -0.25) is 4.79 Å². The highest BCUT2D eigenvalue weighted by atomic mass is 19.1. The number of amides is 1. The molecule has 1 aromatic carbocycles. The van der Waals surface area contributed by atoms with Crippen LogP contribution in [0.15, 0.2) is 36.5 Å². The standard InChI is InChI=1S/C17H17FN4O/c1-21(17(23)15-3-2-8-22(15)12-5-6-12)10-16-19-13-7-4-11(18)9-14(13)20-16/h2-4,7-9,12H,5-6,10H2,1H3,(H,19,20). The maximum Gasteiger partial charge on any atom is 0.270 e. The maximum absolute atomic E-state index is 13.2. The van der Waals surface area contributed by atoms with Gasteiger partial charge in [-0.2, -0.15) is 0 Å². The van der Waals surface area contributed by atoms with Crippen molar-refractivity contribution < 1.29 is 9.18 Å². The van der Waals surface area contributed by atoms with Crippen molar-refractivity contribution in [2.45, 2.75) is 25.4 Å². The van der Waals surface area contributed by atoms with E-state index in [0.717, 1.165) is 12.8 Å². The molecule has 0 saturated heterocycles. The number of rotatable bonds is 4. The summed E-state index contributed by atoms with van der Waals surface area (Å²) in [5.74, 6) is 0.305. The van der Waals surface area contributed by atoms with Crippen molar-refractivity contribution in [1.29, 1.82) is 0 Å². The van der Waals surface area contributed by atoms with E-state index >= 15 is 0 Å². The van der Waals surface area contributed by atoms with E-state index < -0.39 is 0 Å². The third-order valence-corrected chi connectivity index (χ3v) is 4.16. The van der Waals surface area contributed by atoms with Crippen molar-refractivity contribution >= 4 is 16.9 Å². The molecule has 118 valence electrons. The molecule has 5 nitrogen and oxygen atoms in total. The molecule has 0 radical (unpaired) electrons. The number of imidazole rings is 1. The van der Waals surface area contributed by atoms with E-state index in [1.54, 1.807) is 18.0 Å². The van der Waals surface area contributed by atoms with E-state index in [0.29, 0.717) is 35.1 Å². The second-order valence-electron chi connectivity index (χ2n) is 6.04. The molecule has 4 rings (SSSR count). The molecule has 1 saturated carbocycles. The molecule has 1 N–H and O–H groups in total. The highest BCUT2D eigenvalue weighted by molar-refractivity contribution is 5.92. The molecule has 3 aromatic rings. The second kappa shape index (κ2) is 5.22. The Morgan fingerprint density at radius 1 is 1.43 bits per heavy atom. The lowest BCUT2D eigenvalue weighted by Crippen LogP contribution is -2.28. The van der Waals surface area contributed by atoms with Crippen LogP contribution in [0.1, 0.15) is 35.2 Å². The molecule has 6 heteroatoms. The Morgan fingerprint density at radius 3 is 3.04 bits per heavy atom. The van der Waals surface area contributed by atoms with Gasteiger partial charge in [0.05, 0.1) is 17.6 Å². The fourth-order valence-corrected chi connectivity index (χ4v) is 2.85. The molecule has 23 heavy (non-hydrogen) atoms. The average Bonchev–Trinajstić information content (AvgIpc) is 3.12. The predicted molar refractivity (Wildman–Crippen MR) is 84.6 cm³/mol. The molecule has 1 amide bonds. The van der Waals surface area contributed by atoms with Crippen LogP contribution in [-0.2, 0) is 6.54 Å². The molecule has 1 fully saturated rings. The predicted octanol–water partition coefficient (Wildman–Crippen LogP) is 3.11. The number of carbonyl (C=O) groups is 1. The number of aromatic amines is 1. The minimum Gasteiger partial charge on any atom is -0.340 e. The normalized spacial score (nSPS) is 14.3. The highest BCUT2D eigenvalue weighted by Gasteiger charge is 2.27. The molecule has 0 aliphatic heterocycles. The van der Waals surface area contributed by atoms with Crippen LogP contribution in [0, 0.1) is 5.82 Å². The molecule has 1 aliphatic carbocycles. The monoisotopic (exact) mass is 312 g/mol. The van der Waals surface area contributed by atoms with Crippen molar-refractivity contribution in [1.82, 2.24) is 19.4 Å². The number of hydrogen-bond acceptors (Lipinski definition) is 2. The Morgan fingerprint density at radius 2 is 2.26 bits per heavy atom. The topological polar surface area (TPSA) is 53.9 Å². The highest BCUT2D eigenvalue weighted by Crippen LogP contribution is 2.36. The Labute approximate surface area is 132 Å². The number of fused-ring (bicyclic) bond motifs is 1. The van der Waals surface area contributed by atoms with E-state index in [1.807, 2.05) is 22.9 Å². The zero-order chi connectivity index (χ0) is 16.0. The third-order valence-electron chi connectivity index (χ3n) is 4.16. The van der Waals surface area contributed by atoms with Crippen molar-refractivity contribution in [2.75, 3.05) is 7.05 Å². The Bertz CT molecular complexity index is 878. The summed E-state index contributed by atoms with van der Waals surface area (Å²) in [6.45, 7) is 0.352. The smallest absolute Gasteiger partial charge is 0.270 e. The summed E-state index contributed by atoms with van der Waals surface area (Å²) in [5, 5.41) is 0. The molecular weight excluding hydrogens is 295 g/mol. The van der Waals surface area contributed by atoms with Crippen molar-refractivity contribution in [2.24, 2.45) is 0 Å². The van der Waals surface area contributed by atoms with Crippen LogP contribution in [0.3, 0.4) is 0 Å². The first kappa shape index (κ1) is 14.0. The fraction of sp³-hybridized carbons (Fsp3) is 0.294. The SMILES string of the molecule is CN(Cc1nc2ccc(F)cc2[nH]1)C(=O)c1cccn1C1CC1. The first-order valence-corrected chi connectivity index (χ1v) is 7.68. The van der Waals surface area contributed by atoms with Gasteiger partial charge in [0.1, 0.15) is 17.3 Å². The lowest BCUT2D eigenvalue weighted by atomic mass is 10.3. The minimum absolute atomic E-state index is 0.0338. The maximum atomic E-state index is 13.2. The van der Waals surface area contributed by atoms with E-state index in [9.17, 15) is 9.18 Å². The van der Waals surface area contributed by atoms with E-state index in [-0.39, 0.29) is 11.7 Å². The Balaban J connectivity index is 1.54. The van der Waals surface area contributed by atoms with Gasteiger partial charge in [0.25, 0.3) is 5.91 Å². The quantitative estimate of drug-likeness (QED) is 0.805. The molecule has 0 spiro atoms. The van der Waals surface area contributed by atoms with Crippen molar-refractivity contribution in [3.63, 3.8) is 0 Å². The molecule has 2 aromatic heterocycles. The zero-order valence-corrected chi connectivity index (χ0v) is 12.8. The van der Waals surface area contributed by atoms with Gasteiger partial charge in [-0.15, -0.1) is 0 Å². The van der Waals surface area contributed by atoms with Gasteiger partial charge in [0, 0.05) is 19.3 Å². The van der Waals surface area contributed by atoms with Crippen LogP contribution < -0.4 is 0 Å². The van der Waals surface area contributed by atoms with Crippen molar-refractivity contribution in [3.05, 3.63) is 53.9 Å². The van der Waals surface area contributed by atoms with Crippen LogP contribution in [0.2, 0.25) is 0 Å². The first-order valence-electron chi connectivity index (χ1n) is 7.68. The summed E-state index contributed by atoms with van der Waals surface area (Å²) < 4.78 is 15.3.